The number of piperidine rings is 1. The predicted molar refractivity (Wildman–Crippen MR) is 168 cm³/mol. The first-order valence-electron chi connectivity index (χ1n) is 13.5. The molecule has 0 saturated carbocycles. The van der Waals surface area contributed by atoms with Crippen molar-refractivity contribution in [2.45, 2.75) is 39.7 Å². The van der Waals surface area contributed by atoms with Crippen molar-refractivity contribution in [3.05, 3.63) is 90.9 Å². The monoisotopic (exact) mass is 542 g/mol. The van der Waals surface area contributed by atoms with E-state index in [2.05, 4.69) is 51.5 Å². The summed E-state index contributed by atoms with van der Waals surface area (Å²) in [5.41, 5.74) is 7.15. The van der Waals surface area contributed by atoms with Gasteiger partial charge in [0, 0.05) is 56.4 Å². The zero-order chi connectivity index (χ0) is 29.2. The van der Waals surface area contributed by atoms with Crippen LogP contribution in [-0.4, -0.2) is 49.9 Å². The molecule has 1 aliphatic rings. The molecule has 2 aromatic rings. The third-order valence-electron chi connectivity index (χ3n) is 6.98. The smallest absolute Gasteiger partial charge is 0.247 e. The van der Waals surface area contributed by atoms with Crippen molar-refractivity contribution in [2.24, 2.45) is 0 Å². The van der Waals surface area contributed by atoms with Gasteiger partial charge in [-0.15, -0.1) is 0 Å². The number of amides is 2. The molecule has 2 amide bonds. The second-order valence-electron chi connectivity index (χ2n) is 10.0. The Balaban J connectivity index is 1.93. The number of hydrogen-bond acceptors (Lipinski definition) is 6. The summed E-state index contributed by atoms with van der Waals surface area (Å²) in [5.74, 6) is -0.362. The van der Waals surface area contributed by atoms with E-state index in [1.54, 1.807) is 6.20 Å². The first-order valence-corrected chi connectivity index (χ1v) is 13.5. The lowest BCUT2D eigenvalue weighted by atomic mass is 9.98. The van der Waals surface area contributed by atoms with Crippen LogP contribution in [-0.2, 0) is 9.59 Å². The van der Waals surface area contributed by atoms with Crippen molar-refractivity contribution >= 4 is 40.1 Å². The number of hydrogen-bond donors (Lipinski definition) is 4. The minimum Gasteiger partial charge on any atom is -0.370 e. The van der Waals surface area contributed by atoms with Gasteiger partial charge in [-0.05, 0) is 93.1 Å². The molecule has 1 heterocycles. The van der Waals surface area contributed by atoms with E-state index in [0.29, 0.717) is 6.04 Å². The summed E-state index contributed by atoms with van der Waals surface area (Å²) in [4.78, 5) is 28.2. The van der Waals surface area contributed by atoms with Crippen molar-refractivity contribution in [3.63, 3.8) is 0 Å². The maximum Gasteiger partial charge on any atom is 0.247 e. The first kappa shape index (κ1) is 30.2. The summed E-state index contributed by atoms with van der Waals surface area (Å²) >= 11 is 0. The molecule has 0 aliphatic carbocycles. The zero-order valence-electron chi connectivity index (χ0n) is 24.3. The van der Waals surface area contributed by atoms with Gasteiger partial charge in [0.15, 0.2) is 0 Å². The Bertz CT molecular complexity index is 1300. The lowest BCUT2D eigenvalue weighted by Crippen LogP contribution is -2.41. The fraction of sp³-hybridized carbons (Fsp3) is 0.312. The quantitative estimate of drug-likeness (QED) is 0.215. The van der Waals surface area contributed by atoms with Gasteiger partial charge in [0.05, 0.1) is 11.4 Å². The third-order valence-corrected chi connectivity index (χ3v) is 6.98. The van der Waals surface area contributed by atoms with Crippen molar-refractivity contribution in [1.29, 1.82) is 0 Å². The summed E-state index contributed by atoms with van der Waals surface area (Å²) in [7, 11) is 3.92. The highest BCUT2D eigenvalue weighted by atomic mass is 16.2. The summed E-state index contributed by atoms with van der Waals surface area (Å²) in [6.07, 6.45) is 9.15. The minimum atomic E-state index is -0.247. The van der Waals surface area contributed by atoms with Crippen LogP contribution in [0.4, 0.5) is 22.7 Å². The Hall–Kier alpha value is -4.30. The molecule has 212 valence electrons. The van der Waals surface area contributed by atoms with Gasteiger partial charge < -0.3 is 31.1 Å². The van der Waals surface area contributed by atoms with Crippen LogP contribution in [0, 0.1) is 6.92 Å². The second-order valence-corrected chi connectivity index (χ2v) is 10.0. The van der Waals surface area contributed by atoms with E-state index in [4.69, 9.17) is 0 Å². The van der Waals surface area contributed by atoms with Crippen molar-refractivity contribution in [3.8, 4) is 0 Å². The molecule has 2 aromatic carbocycles. The number of carbonyl (C=O) groups is 2. The van der Waals surface area contributed by atoms with Crippen LogP contribution < -0.4 is 26.2 Å². The van der Waals surface area contributed by atoms with Gasteiger partial charge in [-0.25, -0.2) is 0 Å². The highest BCUT2D eigenvalue weighted by molar-refractivity contribution is 6.01. The molecule has 0 spiro atoms. The fourth-order valence-electron chi connectivity index (χ4n) is 4.81. The topological polar surface area (TPSA) is 88.7 Å². The molecule has 0 unspecified atom stereocenters. The summed E-state index contributed by atoms with van der Waals surface area (Å²) < 4.78 is 0. The summed E-state index contributed by atoms with van der Waals surface area (Å²) in [5, 5.41) is 12.7. The number of benzene rings is 2. The second kappa shape index (κ2) is 14.2. The molecule has 0 radical (unpaired) electrons. The van der Waals surface area contributed by atoms with Gasteiger partial charge >= 0.3 is 0 Å². The number of nitrogens with zero attached hydrogens (tertiary/aromatic N) is 2. The van der Waals surface area contributed by atoms with Crippen LogP contribution in [0.1, 0.15) is 37.8 Å². The number of carbonyl (C=O) groups excluding carboxylic acids is 2. The SMILES string of the molecule is C=CC(=O)Nc1cc(N/C(C)=C/C(=C\N(C)C=C)c2cccc(NC(C)=O)c2C)ccc1N1CCC(NC)CC1. The molecule has 0 aromatic heterocycles. The normalized spacial score (nSPS) is 14.4. The molecule has 1 aliphatic heterocycles. The van der Waals surface area contributed by atoms with Crippen LogP contribution in [0.25, 0.3) is 5.57 Å². The molecule has 8 nitrogen and oxygen atoms in total. The number of nitrogens with one attached hydrogen (secondary N) is 4. The summed E-state index contributed by atoms with van der Waals surface area (Å²) in [6, 6.07) is 12.4. The molecule has 1 fully saturated rings. The maximum absolute atomic E-state index is 12.3. The Morgan fingerprint density at radius 2 is 1.75 bits per heavy atom. The van der Waals surface area contributed by atoms with Gasteiger partial charge in [0.2, 0.25) is 11.8 Å². The lowest BCUT2D eigenvalue weighted by molar-refractivity contribution is -0.114. The molecule has 4 N–H and O–H groups in total. The fourth-order valence-corrected chi connectivity index (χ4v) is 4.81. The summed E-state index contributed by atoms with van der Waals surface area (Å²) in [6.45, 7) is 14.8. The Morgan fingerprint density at radius 3 is 2.38 bits per heavy atom. The Labute approximate surface area is 238 Å². The standard InChI is InChI=1S/C32H42N6O2/c1-8-32(40)36-30-20-27(13-14-31(30)38-17-15-26(33-6)16-18-38)34-22(3)19-25(21-37(7)9-2)28-11-10-12-29(23(28)4)35-24(5)39/h8-14,19-21,26,33-34H,1-2,15-18H2,3-7H3,(H,35,39)(H,36,40)/b22-19+,25-21+. The molecule has 3 rings (SSSR count). The predicted octanol–water partition coefficient (Wildman–Crippen LogP) is 5.70. The maximum atomic E-state index is 12.3. The molecular formula is C32H42N6O2. The van der Waals surface area contributed by atoms with Crippen molar-refractivity contribution < 1.29 is 9.59 Å². The van der Waals surface area contributed by atoms with E-state index in [9.17, 15) is 9.59 Å². The average Bonchev–Trinajstić information content (AvgIpc) is 2.93. The largest absolute Gasteiger partial charge is 0.370 e. The molecule has 1 saturated heterocycles. The van der Waals surface area contributed by atoms with Crippen LogP contribution in [0.3, 0.4) is 0 Å². The zero-order valence-corrected chi connectivity index (χ0v) is 24.3. The molecule has 0 bridgehead atoms. The van der Waals surface area contributed by atoms with Crippen LogP contribution in [0.15, 0.2) is 79.8 Å². The first-order chi connectivity index (χ1) is 19.1. The van der Waals surface area contributed by atoms with Gasteiger partial charge in [-0.2, -0.15) is 0 Å². The van der Waals surface area contributed by atoms with Gasteiger partial charge in [0.25, 0.3) is 0 Å². The van der Waals surface area contributed by atoms with E-state index in [0.717, 1.165) is 71.1 Å². The van der Waals surface area contributed by atoms with E-state index in [1.165, 1.54) is 13.0 Å². The van der Waals surface area contributed by atoms with Crippen LogP contribution in [0.2, 0.25) is 0 Å². The third kappa shape index (κ3) is 8.10. The van der Waals surface area contributed by atoms with Crippen LogP contribution in [0.5, 0.6) is 0 Å². The minimum absolute atomic E-state index is 0.114. The highest BCUT2D eigenvalue weighted by Crippen LogP contribution is 2.33. The van der Waals surface area contributed by atoms with Gasteiger partial charge in [-0.3, -0.25) is 9.59 Å². The Kier molecular flexibility index (Phi) is 10.7. The number of rotatable bonds is 11. The number of anilines is 4. The van der Waals surface area contributed by atoms with Crippen molar-refractivity contribution in [1.82, 2.24) is 10.2 Å². The van der Waals surface area contributed by atoms with Gasteiger partial charge in [0.1, 0.15) is 0 Å². The lowest BCUT2D eigenvalue weighted by Gasteiger charge is -2.34. The number of allylic oxidation sites excluding steroid dienone is 3. The van der Waals surface area contributed by atoms with Crippen molar-refractivity contribution in [2.75, 3.05) is 48.0 Å². The van der Waals surface area contributed by atoms with E-state index in [1.807, 2.05) is 69.4 Å². The van der Waals surface area contributed by atoms with Crippen LogP contribution >= 0.6 is 0 Å². The molecular weight excluding hydrogens is 500 g/mol. The molecule has 0 atom stereocenters. The van der Waals surface area contributed by atoms with E-state index in [-0.39, 0.29) is 11.8 Å². The van der Waals surface area contributed by atoms with E-state index < -0.39 is 0 Å². The highest BCUT2D eigenvalue weighted by Gasteiger charge is 2.21. The average molecular weight is 543 g/mol. The van der Waals surface area contributed by atoms with E-state index >= 15 is 0 Å². The molecule has 8 heteroatoms. The Morgan fingerprint density at radius 1 is 1.02 bits per heavy atom. The molecule has 40 heavy (non-hydrogen) atoms. The van der Waals surface area contributed by atoms with Gasteiger partial charge in [-0.1, -0.05) is 25.3 Å².